The number of hydrogen-bond acceptors (Lipinski definition) is 5. The SMILES string of the molecule is Cc1cccc(NCC2CCCN2Cc2cnc3cnccn23)n1. The minimum Gasteiger partial charge on any atom is -0.368 e. The molecule has 6 nitrogen and oxygen atoms in total. The smallest absolute Gasteiger partial charge is 0.155 e. The number of imidazole rings is 1. The number of fused-ring (bicyclic) bond motifs is 1. The van der Waals surface area contributed by atoms with Gasteiger partial charge in [0, 0.05) is 37.2 Å². The molecule has 1 aliphatic heterocycles. The summed E-state index contributed by atoms with van der Waals surface area (Å²) >= 11 is 0. The molecule has 1 saturated heterocycles. The van der Waals surface area contributed by atoms with Crippen LogP contribution in [0, 0.1) is 6.92 Å². The van der Waals surface area contributed by atoms with Crippen LogP contribution in [0.3, 0.4) is 0 Å². The lowest BCUT2D eigenvalue weighted by Crippen LogP contribution is -2.34. The molecule has 0 bridgehead atoms. The summed E-state index contributed by atoms with van der Waals surface area (Å²) in [5.74, 6) is 0.961. The van der Waals surface area contributed by atoms with E-state index >= 15 is 0 Å². The molecule has 0 aromatic carbocycles. The Morgan fingerprint density at radius 3 is 3.17 bits per heavy atom. The lowest BCUT2D eigenvalue weighted by Gasteiger charge is -2.24. The zero-order valence-electron chi connectivity index (χ0n) is 13.9. The fourth-order valence-corrected chi connectivity index (χ4v) is 3.42. The average molecular weight is 322 g/mol. The van der Waals surface area contributed by atoms with Gasteiger partial charge in [0.2, 0.25) is 0 Å². The van der Waals surface area contributed by atoms with Crippen molar-refractivity contribution in [3.05, 3.63) is 54.4 Å². The minimum atomic E-state index is 0.527. The molecule has 0 spiro atoms. The molecule has 0 amide bonds. The maximum Gasteiger partial charge on any atom is 0.155 e. The maximum atomic E-state index is 4.53. The highest BCUT2D eigenvalue weighted by Crippen LogP contribution is 2.21. The zero-order chi connectivity index (χ0) is 16.4. The van der Waals surface area contributed by atoms with Crippen molar-refractivity contribution in [2.45, 2.75) is 32.4 Å². The van der Waals surface area contributed by atoms with Crippen LogP contribution < -0.4 is 5.32 Å². The average Bonchev–Trinajstić information content (AvgIpc) is 3.21. The van der Waals surface area contributed by atoms with Crippen LogP contribution in [-0.4, -0.2) is 43.4 Å². The van der Waals surface area contributed by atoms with Crippen LogP contribution in [0.2, 0.25) is 0 Å². The van der Waals surface area contributed by atoms with Crippen LogP contribution in [0.25, 0.3) is 5.65 Å². The van der Waals surface area contributed by atoms with Gasteiger partial charge in [-0.15, -0.1) is 0 Å². The van der Waals surface area contributed by atoms with Gasteiger partial charge in [-0.05, 0) is 38.4 Å². The number of likely N-dealkylation sites (tertiary alicyclic amines) is 1. The van der Waals surface area contributed by atoms with Crippen molar-refractivity contribution < 1.29 is 0 Å². The Morgan fingerprint density at radius 2 is 2.25 bits per heavy atom. The first-order valence-corrected chi connectivity index (χ1v) is 8.47. The maximum absolute atomic E-state index is 4.53. The summed E-state index contributed by atoms with van der Waals surface area (Å²) in [4.78, 5) is 15.6. The molecule has 4 rings (SSSR count). The molecule has 24 heavy (non-hydrogen) atoms. The third-order valence-electron chi connectivity index (χ3n) is 4.67. The van der Waals surface area contributed by atoms with E-state index in [9.17, 15) is 0 Å². The van der Waals surface area contributed by atoms with E-state index in [1.54, 1.807) is 6.20 Å². The molecule has 0 aliphatic carbocycles. The lowest BCUT2D eigenvalue weighted by molar-refractivity contribution is 0.250. The van der Waals surface area contributed by atoms with Gasteiger partial charge in [0.15, 0.2) is 5.65 Å². The number of rotatable bonds is 5. The van der Waals surface area contributed by atoms with Crippen molar-refractivity contribution in [1.29, 1.82) is 0 Å². The number of nitrogens with one attached hydrogen (secondary N) is 1. The summed E-state index contributed by atoms with van der Waals surface area (Å²) in [5.41, 5.74) is 3.17. The Hall–Kier alpha value is -2.47. The third kappa shape index (κ3) is 3.10. The second kappa shape index (κ2) is 6.57. The molecule has 0 radical (unpaired) electrons. The molecule has 1 N–H and O–H groups in total. The molecular weight excluding hydrogens is 300 g/mol. The Labute approximate surface area is 141 Å². The van der Waals surface area contributed by atoms with Crippen molar-refractivity contribution in [3.8, 4) is 0 Å². The van der Waals surface area contributed by atoms with Crippen LogP contribution in [0.1, 0.15) is 24.2 Å². The Kier molecular flexibility index (Phi) is 4.13. The summed E-state index contributed by atoms with van der Waals surface area (Å²) in [5, 5.41) is 3.49. The van der Waals surface area contributed by atoms with Gasteiger partial charge in [-0.2, -0.15) is 0 Å². The number of aryl methyl sites for hydroxylation is 1. The lowest BCUT2D eigenvalue weighted by atomic mass is 10.2. The van der Waals surface area contributed by atoms with Gasteiger partial charge in [-0.3, -0.25) is 14.3 Å². The fraction of sp³-hybridized carbons (Fsp3) is 0.389. The highest BCUT2D eigenvalue weighted by molar-refractivity contribution is 5.37. The van der Waals surface area contributed by atoms with Crippen LogP contribution in [-0.2, 0) is 6.54 Å². The molecule has 3 aromatic rings. The first-order valence-electron chi connectivity index (χ1n) is 8.47. The van der Waals surface area contributed by atoms with Gasteiger partial charge in [0.25, 0.3) is 0 Å². The van der Waals surface area contributed by atoms with Gasteiger partial charge in [0.1, 0.15) is 5.82 Å². The van der Waals surface area contributed by atoms with Gasteiger partial charge in [-0.25, -0.2) is 9.97 Å². The molecule has 0 saturated carbocycles. The quantitative estimate of drug-likeness (QED) is 0.782. The first-order chi connectivity index (χ1) is 11.8. The number of anilines is 1. The van der Waals surface area contributed by atoms with E-state index in [0.717, 1.165) is 36.8 Å². The highest BCUT2D eigenvalue weighted by Gasteiger charge is 2.25. The summed E-state index contributed by atoms with van der Waals surface area (Å²) in [6.07, 6.45) is 10.0. The second-order valence-electron chi connectivity index (χ2n) is 6.37. The van der Waals surface area contributed by atoms with E-state index in [1.807, 2.05) is 43.7 Å². The Bertz CT molecular complexity index is 827. The van der Waals surface area contributed by atoms with E-state index in [4.69, 9.17) is 0 Å². The molecule has 1 unspecified atom stereocenters. The first kappa shape index (κ1) is 15.1. The van der Waals surface area contributed by atoms with E-state index in [0.29, 0.717) is 6.04 Å². The monoisotopic (exact) mass is 322 g/mol. The molecular formula is C18H22N6. The van der Waals surface area contributed by atoms with Crippen LogP contribution in [0.4, 0.5) is 5.82 Å². The number of aromatic nitrogens is 4. The topological polar surface area (TPSA) is 58.3 Å². The van der Waals surface area contributed by atoms with E-state index in [2.05, 4.69) is 29.6 Å². The van der Waals surface area contributed by atoms with Gasteiger partial charge < -0.3 is 5.32 Å². The number of pyridine rings is 1. The van der Waals surface area contributed by atoms with Crippen molar-refractivity contribution >= 4 is 11.5 Å². The minimum absolute atomic E-state index is 0.527. The highest BCUT2D eigenvalue weighted by atomic mass is 15.2. The van der Waals surface area contributed by atoms with Crippen molar-refractivity contribution in [2.75, 3.05) is 18.4 Å². The molecule has 1 fully saturated rings. The second-order valence-corrected chi connectivity index (χ2v) is 6.37. The Balaban J connectivity index is 1.43. The van der Waals surface area contributed by atoms with Crippen LogP contribution in [0.15, 0.2) is 43.0 Å². The number of hydrogen-bond donors (Lipinski definition) is 1. The van der Waals surface area contributed by atoms with Gasteiger partial charge in [-0.1, -0.05) is 6.07 Å². The molecule has 124 valence electrons. The predicted octanol–water partition coefficient (Wildman–Crippen LogP) is 2.51. The summed E-state index contributed by atoms with van der Waals surface area (Å²) < 4.78 is 2.12. The van der Waals surface area contributed by atoms with Crippen molar-refractivity contribution in [3.63, 3.8) is 0 Å². The predicted molar refractivity (Wildman–Crippen MR) is 93.9 cm³/mol. The number of nitrogens with zero attached hydrogens (tertiary/aromatic N) is 5. The largest absolute Gasteiger partial charge is 0.368 e. The molecule has 4 heterocycles. The normalized spacial score (nSPS) is 18.3. The zero-order valence-corrected chi connectivity index (χ0v) is 13.9. The molecule has 1 aliphatic rings. The van der Waals surface area contributed by atoms with E-state index in [-0.39, 0.29) is 0 Å². The fourth-order valence-electron chi connectivity index (χ4n) is 3.42. The van der Waals surface area contributed by atoms with Crippen molar-refractivity contribution in [1.82, 2.24) is 24.3 Å². The molecule has 6 heteroatoms. The standard InChI is InChI=1S/C18H22N6/c1-14-4-2-6-17(22-14)20-10-15-5-3-8-23(15)13-16-11-21-18-12-19-7-9-24(16)18/h2,4,6-7,9,11-12,15H,3,5,8,10,13H2,1H3,(H,20,22). The summed E-state index contributed by atoms with van der Waals surface area (Å²) in [7, 11) is 0. The van der Waals surface area contributed by atoms with Crippen molar-refractivity contribution in [2.24, 2.45) is 0 Å². The third-order valence-corrected chi connectivity index (χ3v) is 4.67. The molecule has 3 aromatic heterocycles. The summed E-state index contributed by atoms with van der Waals surface area (Å²) in [6, 6.07) is 6.62. The van der Waals surface area contributed by atoms with E-state index in [1.165, 1.54) is 18.5 Å². The van der Waals surface area contributed by atoms with Gasteiger partial charge in [0.05, 0.1) is 18.1 Å². The van der Waals surface area contributed by atoms with Crippen LogP contribution >= 0.6 is 0 Å². The molecule has 1 atom stereocenters. The van der Waals surface area contributed by atoms with Gasteiger partial charge >= 0.3 is 0 Å². The van der Waals surface area contributed by atoms with Crippen LogP contribution in [0.5, 0.6) is 0 Å². The van der Waals surface area contributed by atoms with E-state index < -0.39 is 0 Å². The summed E-state index contributed by atoms with van der Waals surface area (Å²) in [6.45, 7) is 4.99. The Morgan fingerprint density at radius 1 is 1.29 bits per heavy atom.